The van der Waals surface area contributed by atoms with Gasteiger partial charge in [-0.05, 0) is 13.3 Å². The highest BCUT2D eigenvalue weighted by Crippen LogP contribution is 2.42. The number of halogens is 1. The fourth-order valence-electron chi connectivity index (χ4n) is 1.89. The Labute approximate surface area is 99.8 Å². The maximum Gasteiger partial charge on any atom is 0.146 e. The van der Waals surface area contributed by atoms with Crippen molar-refractivity contribution in [1.29, 1.82) is 0 Å². The summed E-state index contributed by atoms with van der Waals surface area (Å²) in [5, 5.41) is 0.543. The minimum absolute atomic E-state index is 0.0507. The Morgan fingerprint density at radius 3 is 2.94 bits per heavy atom. The lowest BCUT2D eigenvalue weighted by Crippen LogP contribution is -2.54. The zero-order chi connectivity index (χ0) is 11.8. The van der Waals surface area contributed by atoms with Crippen molar-refractivity contribution in [3.05, 3.63) is 23.5 Å². The molecule has 0 aromatic carbocycles. The van der Waals surface area contributed by atoms with Crippen LogP contribution in [0.4, 0.5) is 0 Å². The van der Waals surface area contributed by atoms with Gasteiger partial charge in [-0.3, -0.25) is 9.78 Å². The van der Waals surface area contributed by atoms with E-state index in [1.165, 1.54) is 0 Å². The highest BCUT2D eigenvalue weighted by atomic mass is 35.5. The monoisotopic (exact) mass is 239 g/mol. The first-order chi connectivity index (χ1) is 7.56. The Bertz CT molecular complexity index is 421. The molecule has 2 atom stereocenters. The second-order valence-corrected chi connectivity index (χ2v) is 4.78. The second-order valence-electron chi connectivity index (χ2n) is 4.34. The highest BCUT2D eigenvalue weighted by Gasteiger charge is 2.51. The van der Waals surface area contributed by atoms with Crippen LogP contribution in [-0.2, 0) is 4.79 Å². The summed E-state index contributed by atoms with van der Waals surface area (Å²) in [5.74, 6) is 0.902. The van der Waals surface area contributed by atoms with E-state index in [2.05, 4.69) is 4.98 Å². The molecule has 1 aliphatic carbocycles. The molecule has 1 heterocycles. The number of hydrogen-bond donors (Lipinski definition) is 0. The van der Waals surface area contributed by atoms with E-state index in [0.717, 1.165) is 6.42 Å². The molecule has 1 aromatic heterocycles. The van der Waals surface area contributed by atoms with Gasteiger partial charge in [-0.15, -0.1) is 0 Å². The molecule has 0 amide bonds. The van der Waals surface area contributed by atoms with Crippen molar-refractivity contribution in [2.45, 2.75) is 32.8 Å². The highest BCUT2D eigenvalue weighted by molar-refractivity contribution is 6.30. The number of rotatable bonds is 3. The largest absolute Gasteiger partial charge is 0.487 e. The molecule has 86 valence electrons. The Kier molecular flexibility index (Phi) is 2.89. The maximum absolute atomic E-state index is 11.5. The van der Waals surface area contributed by atoms with Crippen LogP contribution >= 0.6 is 11.6 Å². The Morgan fingerprint density at radius 2 is 2.38 bits per heavy atom. The molecule has 0 spiro atoms. The maximum atomic E-state index is 11.5. The number of ether oxygens (including phenoxy) is 1. The van der Waals surface area contributed by atoms with Gasteiger partial charge in [0.15, 0.2) is 0 Å². The van der Waals surface area contributed by atoms with Crippen molar-refractivity contribution in [3.8, 4) is 5.75 Å². The van der Waals surface area contributed by atoms with Crippen LogP contribution in [0.5, 0.6) is 5.75 Å². The van der Waals surface area contributed by atoms with Crippen LogP contribution in [-0.4, -0.2) is 16.9 Å². The minimum atomic E-state index is -0.345. The Morgan fingerprint density at radius 1 is 1.62 bits per heavy atom. The summed E-state index contributed by atoms with van der Waals surface area (Å²) in [6.45, 7) is 3.95. The van der Waals surface area contributed by atoms with E-state index in [9.17, 15) is 4.79 Å². The molecule has 2 unspecified atom stereocenters. The van der Waals surface area contributed by atoms with E-state index in [-0.39, 0.29) is 17.3 Å². The first kappa shape index (κ1) is 11.4. The number of carbonyl (C=O) groups is 1. The van der Waals surface area contributed by atoms with E-state index < -0.39 is 0 Å². The predicted octanol–water partition coefficient (Wildman–Crippen LogP) is 2.87. The molecule has 4 heteroatoms. The summed E-state index contributed by atoms with van der Waals surface area (Å²) in [4.78, 5) is 15.5. The smallest absolute Gasteiger partial charge is 0.146 e. The number of nitrogens with zero attached hydrogens (tertiary/aromatic N) is 1. The van der Waals surface area contributed by atoms with E-state index in [1.54, 1.807) is 18.5 Å². The summed E-state index contributed by atoms with van der Waals surface area (Å²) in [6.07, 6.45) is 4.40. The normalized spacial score (nSPS) is 28.7. The van der Waals surface area contributed by atoms with Gasteiger partial charge >= 0.3 is 0 Å². The third kappa shape index (κ3) is 1.80. The van der Waals surface area contributed by atoms with Crippen molar-refractivity contribution in [1.82, 2.24) is 4.98 Å². The van der Waals surface area contributed by atoms with Crippen LogP contribution in [0.15, 0.2) is 18.5 Å². The van der Waals surface area contributed by atoms with E-state index >= 15 is 0 Å². The SMILES string of the molecule is CCC1(C)C(=O)CC1Oc1cncc(Cl)c1. The number of Topliss-reactive ketones (excluding diaryl/α,β-unsaturated/α-hetero) is 1. The van der Waals surface area contributed by atoms with Gasteiger partial charge in [0.05, 0.1) is 16.6 Å². The van der Waals surface area contributed by atoms with Gasteiger partial charge < -0.3 is 4.74 Å². The number of aromatic nitrogens is 1. The molecule has 1 saturated carbocycles. The third-order valence-corrected chi connectivity index (χ3v) is 3.62. The average molecular weight is 240 g/mol. The zero-order valence-electron chi connectivity index (χ0n) is 9.37. The van der Waals surface area contributed by atoms with Crippen LogP contribution < -0.4 is 4.74 Å². The lowest BCUT2D eigenvalue weighted by atomic mass is 9.64. The summed E-state index contributed by atoms with van der Waals surface area (Å²) in [6, 6.07) is 1.72. The first-order valence-electron chi connectivity index (χ1n) is 5.37. The summed E-state index contributed by atoms with van der Waals surface area (Å²) in [7, 11) is 0. The van der Waals surface area contributed by atoms with Crippen molar-refractivity contribution in [3.63, 3.8) is 0 Å². The minimum Gasteiger partial charge on any atom is -0.487 e. The predicted molar refractivity (Wildman–Crippen MR) is 61.7 cm³/mol. The van der Waals surface area contributed by atoms with Crippen LogP contribution in [0.2, 0.25) is 5.02 Å². The van der Waals surface area contributed by atoms with Gasteiger partial charge in [-0.25, -0.2) is 0 Å². The number of hydrogen-bond acceptors (Lipinski definition) is 3. The molecule has 2 rings (SSSR count). The van der Waals surface area contributed by atoms with Crippen LogP contribution in [0, 0.1) is 5.41 Å². The van der Waals surface area contributed by atoms with Gasteiger partial charge in [-0.1, -0.05) is 18.5 Å². The van der Waals surface area contributed by atoms with E-state index in [4.69, 9.17) is 16.3 Å². The molecule has 0 saturated heterocycles. The Balaban J connectivity index is 2.09. The third-order valence-electron chi connectivity index (χ3n) is 3.41. The second kappa shape index (κ2) is 4.06. The van der Waals surface area contributed by atoms with E-state index in [1.807, 2.05) is 13.8 Å². The number of pyridine rings is 1. The molecule has 1 aliphatic rings. The standard InChI is InChI=1S/C12H14ClNO2/c1-3-12(2)10(15)5-11(12)16-9-4-8(13)6-14-7-9/h4,6-7,11H,3,5H2,1-2H3. The molecular weight excluding hydrogens is 226 g/mol. The fourth-order valence-corrected chi connectivity index (χ4v) is 2.06. The van der Waals surface area contributed by atoms with Crippen LogP contribution in [0.1, 0.15) is 26.7 Å². The molecule has 3 nitrogen and oxygen atoms in total. The fraction of sp³-hybridized carbons (Fsp3) is 0.500. The zero-order valence-corrected chi connectivity index (χ0v) is 10.1. The Hall–Kier alpha value is -1.09. The van der Waals surface area contributed by atoms with Crippen molar-refractivity contribution in [2.75, 3.05) is 0 Å². The van der Waals surface area contributed by atoms with E-state index in [0.29, 0.717) is 17.2 Å². The molecule has 1 fully saturated rings. The lowest BCUT2D eigenvalue weighted by Gasteiger charge is -2.44. The van der Waals surface area contributed by atoms with Gasteiger partial charge in [-0.2, -0.15) is 0 Å². The van der Waals surface area contributed by atoms with Crippen LogP contribution in [0.3, 0.4) is 0 Å². The molecular formula is C12H14ClNO2. The van der Waals surface area contributed by atoms with Gasteiger partial charge in [0.25, 0.3) is 0 Å². The quantitative estimate of drug-likeness (QED) is 0.814. The molecule has 0 radical (unpaired) electrons. The average Bonchev–Trinajstić information content (AvgIpc) is 2.27. The van der Waals surface area contributed by atoms with Crippen molar-refractivity contribution < 1.29 is 9.53 Å². The number of carbonyl (C=O) groups excluding carboxylic acids is 1. The summed E-state index contributed by atoms with van der Waals surface area (Å²) in [5.41, 5.74) is -0.345. The molecule has 0 N–H and O–H groups in total. The van der Waals surface area contributed by atoms with Crippen molar-refractivity contribution in [2.24, 2.45) is 5.41 Å². The molecule has 0 aliphatic heterocycles. The molecule has 0 bridgehead atoms. The molecule has 1 aromatic rings. The topological polar surface area (TPSA) is 39.2 Å². The van der Waals surface area contributed by atoms with Gasteiger partial charge in [0.2, 0.25) is 0 Å². The number of ketones is 1. The lowest BCUT2D eigenvalue weighted by molar-refractivity contribution is -0.150. The van der Waals surface area contributed by atoms with Gasteiger partial charge in [0, 0.05) is 18.7 Å². The van der Waals surface area contributed by atoms with Crippen LogP contribution in [0.25, 0.3) is 0 Å². The van der Waals surface area contributed by atoms with Crippen molar-refractivity contribution >= 4 is 17.4 Å². The van der Waals surface area contributed by atoms with Gasteiger partial charge in [0.1, 0.15) is 17.6 Å². The first-order valence-corrected chi connectivity index (χ1v) is 5.74. The summed E-state index contributed by atoms with van der Waals surface area (Å²) >= 11 is 5.81. The summed E-state index contributed by atoms with van der Waals surface area (Å²) < 4.78 is 5.74. The molecule has 16 heavy (non-hydrogen) atoms.